The number of piperazine rings is 1. The lowest BCUT2D eigenvalue weighted by Crippen LogP contribution is -2.52. The van der Waals surface area contributed by atoms with Crippen molar-refractivity contribution in [1.29, 1.82) is 0 Å². The van der Waals surface area contributed by atoms with Crippen LogP contribution in [0.5, 0.6) is 0 Å². The Labute approximate surface area is 94.1 Å². The molecule has 82 valence electrons. The molecule has 2 rings (SSSR count). The molecule has 1 N–H and O–H groups in total. The number of hydrogen-bond donors (Lipinski definition) is 1. The first-order valence-corrected chi connectivity index (χ1v) is 6.19. The number of rotatable bonds is 1. The third kappa shape index (κ3) is 2.06. The molecule has 0 radical (unpaired) electrons. The second kappa shape index (κ2) is 4.33. The summed E-state index contributed by atoms with van der Waals surface area (Å²) in [6.07, 6.45) is 0. The summed E-state index contributed by atoms with van der Waals surface area (Å²) in [5, 5.41) is 7.27. The third-order valence-electron chi connectivity index (χ3n) is 2.85. The molecule has 2 heterocycles. The predicted octanol–water partition coefficient (Wildman–Crippen LogP) is 1.49. The summed E-state index contributed by atoms with van der Waals surface area (Å²) < 4.78 is 0. The van der Waals surface area contributed by atoms with E-state index in [4.69, 9.17) is 0 Å². The fraction of sp³-hybridized carbons (Fsp3) is 0.545. The van der Waals surface area contributed by atoms with E-state index in [2.05, 4.69) is 12.2 Å². The summed E-state index contributed by atoms with van der Waals surface area (Å²) in [6.45, 7) is 6.70. The van der Waals surface area contributed by atoms with Crippen molar-refractivity contribution in [3.63, 3.8) is 0 Å². The molecule has 4 heteroatoms. The summed E-state index contributed by atoms with van der Waals surface area (Å²) in [4.78, 5) is 14.2. The smallest absolute Gasteiger partial charge is 0.255 e. The van der Waals surface area contributed by atoms with Gasteiger partial charge in [-0.05, 0) is 24.8 Å². The van der Waals surface area contributed by atoms with Crippen molar-refractivity contribution < 1.29 is 4.79 Å². The molecule has 0 spiro atoms. The molecule has 0 unspecified atom stereocenters. The molecule has 0 saturated carbocycles. The van der Waals surface area contributed by atoms with E-state index in [0.29, 0.717) is 6.04 Å². The summed E-state index contributed by atoms with van der Waals surface area (Å²) in [5.41, 5.74) is 1.96. The molecule has 0 aromatic carbocycles. The van der Waals surface area contributed by atoms with Crippen LogP contribution in [-0.2, 0) is 0 Å². The molecule has 1 atom stereocenters. The highest BCUT2D eigenvalue weighted by molar-refractivity contribution is 7.08. The summed E-state index contributed by atoms with van der Waals surface area (Å²) in [7, 11) is 0. The fourth-order valence-corrected chi connectivity index (χ4v) is 2.70. The van der Waals surface area contributed by atoms with Gasteiger partial charge >= 0.3 is 0 Å². The molecule has 1 amide bonds. The minimum atomic E-state index is 0.183. The Balaban J connectivity index is 2.17. The maximum Gasteiger partial charge on any atom is 0.255 e. The van der Waals surface area contributed by atoms with E-state index < -0.39 is 0 Å². The van der Waals surface area contributed by atoms with Crippen LogP contribution < -0.4 is 5.32 Å². The second-order valence-corrected chi connectivity index (χ2v) is 4.76. The Morgan fingerprint density at radius 3 is 3.00 bits per heavy atom. The van der Waals surface area contributed by atoms with Crippen LogP contribution >= 0.6 is 11.3 Å². The van der Waals surface area contributed by atoms with Crippen LogP contribution in [0.1, 0.15) is 22.8 Å². The second-order valence-electron chi connectivity index (χ2n) is 4.02. The zero-order chi connectivity index (χ0) is 10.8. The Morgan fingerprint density at radius 1 is 1.60 bits per heavy atom. The summed E-state index contributed by atoms with van der Waals surface area (Å²) in [6, 6.07) is 0.297. The average Bonchev–Trinajstić information content (AvgIpc) is 2.64. The molecule has 1 aromatic rings. The first-order valence-electron chi connectivity index (χ1n) is 5.24. The van der Waals surface area contributed by atoms with E-state index in [-0.39, 0.29) is 5.91 Å². The van der Waals surface area contributed by atoms with Gasteiger partial charge in [0.1, 0.15) is 0 Å². The lowest BCUT2D eigenvalue weighted by Gasteiger charge is -2.34. The van der Waals surface area contributed by atoms with E-state index in [0.717, 1.165) is 30.8 Å². The van der Waals surface area contributed by atoms with Crippen LogP contribution in [0.4, 0.5) is 0 Å². The highest BCUT2D eigenvalue weighted by atomic mass is 32.1. The van der Waals surface area contributed by atoms with Crippen molar-refractivity contribution in [3.05, 3.63) is 21.9 Å². The van der Waals surface area contributed by atoms with Crippen molar-refractivity contribution in [2.75, 3.05) is 19.6 Å². The van der Waals surface area contributed by atoms with E-state index in [1.807, 2.05) is 22.6 Å². The number of amides is 1. The predicted molar refractivity (Wildman–Crippen MR) is 62.4 cm³/mol. The maximum absolute atomic E-state index is 12.2. The van der Waals surface area contributed by atoms with Gasteiger partial charge in [0.05, 0.1) is 5.56 Å². The topological polar surface area (TPSA) is 32.3 Å². The molecule has 1 fully saturated rings. The fourth-order valence-electron chi connectivity index (χ4n) is 1.88. The van der Waals surface area contributed by atoms with Crippen LogP contribution in [0.25, 0.3) is 0 Å². The normalized spacial score (nSPS) is 21.7. The third-order valence-corrected chi connectivity index (χ3v) is 3.71. The van der Waals surface area contributed by atoms with Gasteiger partial charge in [-0.15, -0.1) is 0 Å². The molecular weight excluding hydrogens is 208 g/mol. The summed E-state index contributed by atoms with van der Waals surface area (Å²) >= 11 is 1.60. The number of thiophene rings is 1. The van der Waals surface area contributed by atoms with E-state index >= 15 is 0 Å². The van der Waals surface area contributed by atoms with Gasteiger partial charge in [-0.2, -0.15) is 11.3 Å². The van der Waals surface area contributed by atoms with E-state index in [1.165, 1.54) is 0 Å². The van der Waals surface area contributed by atoms with Gasteiger partial charge in [0.2, 0.25) is 0 Å². The quantitative estimate of drug-likeness (QED) is 0.784. The molecule has 1 aromatic heterocycles. The van der Waals surface area contributed by atoms with Crippen LogP contribution in [0.2, 0.25) is 0 Å². The van der Waals surface area contributed by atoms with Gasteiger partial charge < -0.3 is 10.2 Å². The zero-order valence-corrected chi connectivity index (χ0v) is 9.93. The van der Waals surface area contributed by atoms with Gasteiger partial charge in [0.25, 0.3) is 5.91 Å². The van der Waals surface area contributed by atoms with Crippen molar-refractivity contribution in [2.24, 2.45) is 0 Å². The number of nitrogens with one attached hydrogen (secondary N) is 1. The van der Waals surface area contributed by atoms with Gasteiger partial charge in [-0.25, -0.2) is 0 Å². The van der Waals surface area contributed by atoms with E-state index in [1.54, 1.807) is 11.3 Å². The van der Waals surface area contributed by atoms with Gasteiger partial charge in [0, 0.05) is 31.1 Å². The highest BCUT2D eigenvalue weighted by Gasteiger charge is 2.25. The van der Waals surface area contributed by atoms with Crippen LogP contribution in [-0.4, -0.2) is 36.5 Å². The molecule has 3 nitrogen and oxygen atoms in total. The van der Waals surface area contributed by atoms with Crippen molar-refractivity contribution in [3.8, 4) is 0 Å². The van der Waals surface area contributed by atoms with Crippen LogP contribution in [0.15, 0.2) is 10.8 Å². The van der Waals surface area contributed by atoms with Crippen molar-refractivity contribution >= 4 is 17.2 Å². The van der Waals surface area contributed by atoms with Gasteiger partial charge in [0.15, 0.2) is 0 Å². The van der Waals surface area contributed by atoms with Gasteiger partial charge in [-0.3, -0.25) is 4.79 Å². The van der Waals surface area contributed by atoms with E-state index in [9.17, 15) is 4.79 Å². The van der Waals surface area contributed by atoms with Crippen LogP contribution in [0.3, 0.4) is 0 Å². The van der Waals surface area contributed by atoms with Crippen molar-refractivity contribution in [2.45, 2.75) is 19.9 Å². The SMILES string of the molecule is Cc1cscc1C(=O)N1CCNC[C@H]1C. The molecule has 1 aliphatic rings. The monoisotopic (exact) mass is 224 g/mol. The largest absolute Gasteiger partial charge is 0.333 e. The van der Waals surface area contributed by atoms with Crippen molar-refractivity contribution in [1.82, 2.24) is 10.2 Å². The molecule has 0 aliphatic carbocycles. The number of nitrogens with zero attached hydrogens (tertiary/aromatic N) is 1. The molecule has 0 bridgehead atoms. The minimum Gasteiger partial charge on any atom is -0.333 e. The number of carbonyl (C=O) groups is 1. The molecular formula is C11H16N2OS. The molecule has 1 saturated heterocycles. The maximum atomic E-state index is 12.2. The molecule has 15 heavy (non-hydrogen) atoms. The Kier molecular flexibility index (Phi) is 3.07. The number of carbonyl (C=O) groups excluding carboxylic acids is 1. The molecule has 1 aliphatic heterocycles. The minimum absolute atomic E-state index is 0.183. The first-order chi connectivity index (χ1) is 7.20. The number of aryl methyl sites for hydroxylation is 1. The number of hydrogen-bond acceptors (Lipinski definition) is 3. The first kappa shape index (κ1) is 10.6. The summed E-state index contributed by atoms with van der Waals surface area (Å²) in [5.74, 6) is 0.183. The Morgan fingerprint density at radius 2 is 2.40 bits per heavy atom. The Hall–Kier alpha value is -0.870. The lowest BCUT2D eigenvalue weighted by atomic mass is 10.1. The standard InChI is InChI=1S/C11H16N2OS/c1-8-6-15-7-10(8)11(14)13-4-3-12-5-9(13)2/h6-7,9,12H,3-5H2,1-2H3/t9-/m1/s1. The van der Waals surface area contributed by atoms with Crippen LogP contribution in [0, 0.1) is 6.92 Å². The lowest BCUT2D eigenvalue weighted by molar-refractivity contribution is 0.0655. The van der Waals surface area contributed by atoms with Gasteiger partial charge in [-0.1, -0.05) is 0 Å². The average molecular weight is 224 g/mol. The Bertz CT molecular complexity index is 361. The highest BCUT2D eigenvalue weighted by Crippen LogP contribution is 2.17. The zero-order valence-electron chi connectivity index (χ0n) is 9.12.